The van der Waals surface area contributed by atoms with Crippen molar-refractivity contribution in [3.05, 3.63) is 71.8 Å². The zero-order valence-corrected chi connectivity index (χ0v) is 16.5. The predicted molar refractivity (Wildman–Crippen MR) is 115 cm³/mol. The summed E-state index contributed by atoms with van der Waals surface area (Å²) in [6, 6.07) is 19.6. The fourth-order valence-electron chi connectivity index (χ4n) is 3.08. The lowest BCUT2D eigenvalue weighted by Gasteiger charge is -2.14. The minimum atomic E-state index is -0.185. The van der Waals surface area contributed by atoms with Gasteiger partial charge in [-0.25, -0.2) is 0 Å². The Bertz CT molecular complexity index is 1050. The number of benzene rings is 3. The van der Waals surface area contributed by atoms with Gasteiger partial charge in [0.25, 0.3) is 5.91 Å². The molecule has 0 aromatic heterocycles. The molecule has 0 fully saturated rings. The number of hydrogen-bond acceptors (Lipinski definition) is 3. The third-order valence-corrected chi connectivity index (χ3v) is 4.36. The Balaban J connectivity index is 1.81. The van der Waals surface area contributed by atoms with E-state index in [0.717, 1.165) is 22.0 Å². The molecule has 4 heteroatoms. The van der Waals surface area contributed by atoms with Crippen molar-refractivity contribution < 1.29 is 9.53 Å². The first-order valence-electron chi connectivity index (χ1n) is 9.29. The van der Waals surface area contributed by atoms with E-state index in [-0.39, 0.29) is 12.5 Å². The average Bonchev–Trinajstić information content (AvgIpc) is 2.71. The van der Waals surface area contributed by atoms with E-state index in [9.17, 15) is 4.79 Å². The summed E-state index contributed by atoms with van der Waals surface area (Å²) < 4.78 is 5.68. The molecule has 0 unspecified atom stereocenters. The summed E-state index contributed by atoms with van der Waals surface area (Å²) in [4.78, 5) is 14.9. The number of amides is 1. The second-order valence-corrected chi connectivity index (χ2v) is 6.49. The Morgan fingerprint density at radius 2 is 1.79 bits per heavy atom. The van der Waals surface area contributed by atoms with Crippen LogP contribution in [0.15, 0.2) is 60.7 Å². The third kappa shape index (κ3) is 4.27. The fourth-order valence-corrected chi connectivity index (χ4v) is 3.08. The number of nitrogens with zero attached hydrogens (tertiary/aromatic N) is 1. The van der Waals surface area contributed by atoms with Crippen LogP contribution < -0.4 is 15.0 Å². The minimum Gasteiger partial charge on any atom is -0.493 e. The molecule has 0 bridgehead atoms. The number of rotatable bonds is 5. The zero-order chi connectivity index (χ0) is 19.9. The van der Waals surface area contributed by atoms with Gasteiger partial charge in [-0.15, -0.1) is 0 Å². The number of para-hydroxylation sites is 1. The van der Waals surface area contributed by atoms with Gasteiger partial charge >= 0.3 is 0 Å². The van der Waals surface area contributed by atoms with E-state index in [2.05, 4.69) is 17.2 Å². The molecule has 28 heavy (non-hydrogen) atoms. The van der Waals surface area contributed by atoms with E-state index in [0.29, 0.717) is 17.9 Å². The van der Waals surface area contributed by atoms with Crippen LogP contribution in [0.2, 0.25) is 0 Å². The summed E-state index contributed by atoms with van der Waals surface area (Å²) in [5, 5.41) is 4.78. The third-order valence-electron chi connectivity index (χ3n) is 4.36. The molecule has 0 aliphatic heterocycles. The number of nitrogens with one attached hydrogen (secondary N) is 1. The van der Waals surface area contributed by atoms with Crippen LogP contribution in [0, 0.1) is 11.8 Å². The molecule has 0 spiro atoms. The highest BCUT2D eigenvalue weighted by Gasteiger charge is 2.15. The highest BCUT2D eigenvalue weighted by molar-refractivity contribution is 6.09. The van der Waals surface area contributed by atoms with E-state index < -0.39 is 0 Å². The van der Waals surface area contributed by atoms with Crippen molar-refractivity contribution in [2.45, 2.75) is 6.92 Å². The first-order valence-corrected chi connectivity index (χ1v) is 9.29. The highest BCUT2D eigenvalue weighted by atomic mass is 16.5. The van der Waals surface area contributed by atoms with E-state index in [1.807, 2.05) is 86.6 Å². The Hall–Kier alpha value is -3.45. The maximum absolute atomic E-state index is 12.9. The summed E-state index contributed by atoms with van der Waals surface area (Å²) in [5.74, 6) is 6.59. The molecule has 1 amide bonds. The van der Waals surface area contributed by atoms with E-state index in [1.165, 1.54) is 0 Å². The monoisotopic (exact) mass is 372 g/mol. The summed E-state index contributed by atoms with van der Waals surface area (Å²) in [6.07, 6.45) is 0. The molecule has 4 nitrogen and oxygen atoms in total. The first kappa shape index (κ1) is 19.3. The molecule has 0 atom stereocenters. The minimum absolute atomic E-state index is 0.185. The molecule has 1 N–H and O–H groups in total. The molecule has 0 saturated carbocycles. The van der Waals surface area contributed by atoms with Crippen molar-refractivity contribution in [3.8, 4) is 17.6 Å². The average molecular weight is 372 g/mol. The number of carbonyl (C=O) groups is 1. The normalized spacial score (nSPS) is 10.1. The molecule has 3 rings (SSSR count). The second-order valence-electron chi connectivity index (χ2n) is 6.49. The fraction of sp³-hybridized carbons (Fsp3) is 0.208. The number of carbonyl (C=O) groups excluding carboxylic acids is 1. The second kappa shape index (κ2) is 8.96. The van der Waals surface area contributed by atoms with Crippen LogP contribution in [-0.2, 0) is 0 Å². The summed E-state index contributed by atoms with van der Waals surface area (Å²) >= 11 is 0. The van der Waals surface area contributed by atoms with Crippen molar-refractivity contribution in [1.29, 1.82) is 0 Å². The van der Waals surface area contributed by atoms with E-state index in [1.54, 1.807) is 0 Å². The van der Waals surface area contributed by atoms with Crippen LogP contribution >= 0.6 is 0 Å². The van der Waals surface area contributed by atoms with Crippen molar-refractivity contribution in [2.24, 2.45) is 0 Å². The summed E-state index contributed by atoms with van der Waals surface area (Å²) in [7, 11) is 3.97. The van der Waals surface area contributed by atoms with Crippen molar-refractivity contribution in [3.63, 3.8) is 0 Å². The molecular formula is C24H24N2O2. The van der Waals surface area contributed by atoms with Crippen LogP contribution in [0.3, 0.4) is 0 Å². The van der Waals surface area contributed by atoms with Gasteiger partial charge in [0.1, 0.15) is 5.75 Å². The lowest BCUT2D eigenvalue weighted by molar-refractivity contribution is 0.0956. The number of hydrogen-bond donors (Lipinski definition) is 1. The zero-order valence-electron chi connectivity index (χ0n) is 16.5. The largest absolute Gasteiger partial charge is 0.493 e. The number of ether oxygens (including phenoxy) is 1. The van der Waals surface area contributed by atoms with Gasteiger partial charge in [0.15, 0.2) is 0 Å². The molecule has 3 aromatic carbocycles. The molecule has 142 valence electrons. The maximum Gasteiger partial charge on any atom is 0.256 e. The standard InChI is InChI=1S/C24H24N2O2/c1-4-28-22-16-15-18-10-5-7-13-20(18)23(22)24(27)25-17-9-12-19-11-6-8-14-21(19)26(2)3/h5-8,10-11,13-16H,4,17H2,1-3H3,(H,25,27). The Morgan fingerprint density at radius 1 is 1.04 bits per heavy atom. The molecule has 0 saturated heterocycles. The Morgan fingerprint density at radius 3 is 2.57 bits per heavy atom. The van der Waals surface area contributed by atoms with Gasteiger partial charge in [0.2, 0.25) is 0 Å². The summed E-state index contributed by atoms with van der Waals surface area (Å²) in [6.45, 7) is 2.67. The van der Waals surface area contributed by atoms with Gasteiger partial charge in [-0.3, -0.25) is 4.79 Å². The van der Waals surface area contributed by atoms with E-state index >= 15 is 0 Å². The van der Waals surface area contributed by atoms with Crippen molar-refractivity contribution in [1.82, 2.24) is 5.32 Å². The molecule has 0 radical (unpaired) electrons. The SMILES string of the molecule is CCOc1ccc2ccccc2c1C(=O)NCC#Cc1ccccc1N(C)C. The van der Waals surface area contributed by atoms with Crippen LogP contribution in [0.4, 0.5) is 5.69 Å². The molecule has 0 heterocycles. The Kier molecular flexibility index (Phi) is 6.18. The van der Waals surface area contributed by atoms with Gasteiger partial charge < -0.3 is 15.0 Å². The lowest BCUT2D eigenvalue weighted by Crippen LogP contribution is -2.24. The number of fused-ring (bicyclic) bond motifs is 1. The van der Waals surface area contributed by atoms with Crippen LogP contribution in [-0.4, -0.2) is 33.2 Å². The number of anilines is 1. The predicted octanol–water partition coefficient (Wildman–Crippen LogP) is 4.09. The summed E-state index contributed by atoms with van der Waals surface area (Å²) in [5.41, 5.74) is 2.53. The molecule has 0 aliphatic carbocycles. The van der Waals surface area contributed by atoms with Crippen LogP contribution in [0.1, 0.15) is 22.8 Å². The van der Waals surface area contributed by atoms with Crippen LogP contribution in [0.5, 0.6) is 5.75 Å². The van der Waals surface area contributed by atoms with Crippen molar-refractivity contribution in [2.75, 3.05) is 32.1 Å². The highest BCUT2D eigenvalue weighted by Crippen LogP contribution is 2.28. The van der Waals surface area contributed by atoms with Crippen molar-refractivity contribution >= 4 is 22.4 Å². The van der Waals surface area contributed by atoms with Gasteiger partial charge in [-0.2, -0.15) is 0 Å². The van der Waals surface area contributed by atoms with E-state index in [4.69, 9.17) is 4.74 Å². The quantitative estimate of drug-likeness (QED) is 0.686. The maximum atomic E-state index is 12.9. The van der Waals surface area contributed by atoms with Gasteiger partial charge in [0.05, 0.1) is 24.4 Å². The molecule has 0 aliphatic rings. The molecule has 3 aromatic rings. The van der Waals surface area contributed by atoms with Gasteiger partial charge in [0, 0.05) is 19.7 Å². The topological polar surface area (TPSA) is 41.6 Å². The Labute approximate surface area is 166 Å². The van der Waals surface area contributed by atoms with Gasteiger partial charge in [-0.05, 0) is 35.9 Å². The van der Waals surface area contributed by atoms with Crippen LogP contribution in [0.25, 0.3) is 10.8 Å². The smallest absolute Gasteiger partial charge is 0.256 e. The van der Waals surface area contributed by atoms with Gasteiger partial charge in [-0.1, -0.05) is 54.3 Å². The lowest BCUT2D eigenvalue weighted by atomic mass is 10.0. The first-order chi connectivity index (χ1) is 13.6. The molecular weight excluding hydrogens is 348 g/mol.